The van der Waals surface area contributed by atoms with Gasteiger partial charge in [0.25, 0.3) is 0 Å². The number of nitrogens with zero attached hydrogens (tertiary/aromatic N) is 3. The van der Waals surface area contributed by atoms with Crippen LogP contribution in [0.1, 0.15) is 20.8 Å². The Morgan fingerprint density at radius 3 is 2.52 bits per heavy atom. The molecule has 140 valence electrons. The Bertz CT molecular complexity index is 612. The Kier molecular flexibility index (Phi) is 5.65. The summed E-state index contributed by atoms with van der Waals surface area (Å²) in [5.74, 6) is -0.0463. The Labute approximate surface area is 160 Å². The van der Waals surface area contributed by atoms with Crippen molar-refractivity contribution in [1.29, 1.82) is 0 Å². The van der Waals surface area contributed by atoms with Gasteiger partial charge in [-0.05, 0) is 20.8 Å². The summed E-state index contributed by atoms with van der Waals surface area (Å²) in [5, 5.41) is 0. The zero-order chi connectivity index (χ0) is 19.0. The number of hydrogen-bond donors (Lipinski definition) is 1. The Balaban J connectivity index is 2.13. The van der Waals surface area contributed by atoms with Gasteiger partial charge in [0.1, 0.15) is 18.2 Å². The first-order chi connectivity index (χ1) is 11.4. The van der Waals surface area contributed by atoms with Crippen LogP contribution in [0.15, 0.2) is 17.1 Å². The van der Waals surface area contributed by atoms with Crippen LogP contribution in [0.25, 0.3) is 0 Å². The molecule has 2 aliphatic heterocycles. The van der Waals surface area contributed by atoms with Gasteiger partial charge in [-0.25, -0.2) is 19.5 Å². The van der Waals surface area contributed by atoms with Gasteiger partial charge in [-0.15, -0.1) is 0 Å². The Hall–Kier alpha value is -1.38. The summed E-state index contributed by atoms with van der Waals surface area (Å²) in [6.45, 7) is 5.02. The minimum atomic E-state index is -1.72. The molecule has 0 aromatic rings. The van der Waals surface area contributed by atoms with Gasteiger partial charge in [-0.1, -0.05) is 47.0 Å². The van der Waals surface area contributed by atoms with Gasteiger partial charge in [-0.2, -0.15) is 0 Å². The van der Waals surface area contributed by atoms with Crippen LogP contribution in [0.4, 0.5) is 9.59 Å². The fourth-order valence-electron chi connectivity index (χ4n) is 2.36. The van der Waals surface area contributed by atoms with E-state index in [9.17, 15) is 9.59 Å². The molecule has 25 heavy (non-hydrogen) atoms. The number of halogens is 3. The van der Waals surface area contributed by atoms with Gasteiger partial charge < -0.3 is 15.2 Å². The Morgan fingerprint density at radius 1 is 1.32 bits per heavy atom. The number of guanidine groups is 1. The van der Waals surface area contributed by atoms with Crippen molar-refractivity contribution in [3.63, 3.8) is 0 Å². The molecule has 2 rings (SSSR count). The molecular formula is C14H19Cl3N4O4. The summed E-state index contributed by atoms with van der Waals surface area (Å²) in [7, 11) is 0. The van der Waals surface area contributed by atoms with Crippen molar-refractivity contribution in [3.05, 3.63) is 12.2 Å². The molecule has 0 saturated carbocycles. The van der Waals surface area contributed by atoms with Crippen LogP contribution >= 0.6 is 34.8 Å². The number of alkyl halides is 3. The Morgan fingerprint density at radius 2 is 1.96 bits per heavy atom. The SMILES string of the molecule is CC(C)(C)OC(=O)N1C(N)=N[C@@H]2[C@H]1C=CCN2C(=O)OCC(Cl)(Cl)Cl. The number of hydrogen-bond acceptors (Lipinski definition) is 6. The fraction of sp³-hybridized carbons (Fsp3) is 0.643. The molecule has 0 spiro atoms. The first kappa shape index (κ1) is 19.9. The van der Waals surface area contributed by atoms with Gasteiger partial charge in [0.2, 0.25) is 9.75 Å². The highest BCUT2D eigenvalue weighted by Crippen LogP contribution is 2.29. The van der Waals surface area contributed by atoms with E-state index in [2.05, 4.69) is 4.99 Å². The lowest BCUT2D eigenvalue weighted by atomic mass is 10.1. The van der Waals surface area contributed by atoms with Crippen LogP contribution in [-0.2, 0) is 9.47 Å². The van der Waals surface area contributed by atoms with Crippen molar-refractivity contribution in [2.24, 2.45) is 10.7 Å². The zero-order valence-corrected chi connectivity index (χ0v) is 16.2. The first-order valence-corrected chi connectivity index (χ1v) is 8.55. The summed E-state index contributed by atoms with van der Waals surface area (Å²) >= 11 is 16.7. The van der Waals surface area contributed by atoms with Crippen molar-refractivity contribution in [3.8, 4) is 0 Å². The van der Waals surface area contributed by atoms with Crippen LogP contribution < -0.4 is 5.73 Å². The molecule has 8 nitrogen and oxygen atoms in total. The molecule has 0 bridgehead atoms. The minimum Gasteiger partial charge on any atom is -0.445 e. The van der Waals surface area contributed by atoms with E-state index in [1.165, 1.54) is 9.80 Å². The smallest absolute Gasteiger partial charge is 0.417 e. The summed E-state index contributed by atoms with van der Waals surface area (Å²) in [4.78, 5) is 31.3. The molecule has 0 radical (unpaired) electrons. The van der Waals surface area contributed by atoms with E-state index in [4.69, 9.17) is 50.0 Å². The summed E-state index contributed by atoms with van der Waals surface area (Å²) in [5.41, 5.74) is 5.17. The van der Waals surface area contributed by atoms with Crippen molar-refractivity contribution in [2.45, 2.75) is 42.4 Å². The maximum Gasteiger partial charge on any atom is 0.417 e. The van der Waals surface area contributed by atoms with Crippen molar-refractivity contribution in [1.82, 2.24) is 9.80 Å². The molecule has 2 heterocycles. The number of rotatable bonds is 1. The van der Waals surface area contributed by atoms with Gasteiger partial charge in [0.05, 0.1) is 0 Å². The van der Waals surface area contributed by atoms with Gasteiger partial charge in [0, 0.05) is 6.54 Å². The quantitative estimate of drug-likeness (QED) is 0.526. The molecule has 11 heteroatoms. The molecule has 0 aromatic heterocycles. The van der Waals surface area contributed by atoms with Gasteiger partial charge >= 0.3 is 12.2 Å². The number of fused-ring (bicyclic) bond motifs is 1. The van der Waals surface area contributed by atoms with E-state index >= 15 is 0 Å². The summed E-state index contributed by atoms with van der Waals surface area (Å²) < 4.78 is 8.59. The third kappa shape index (κ3) is 5.05. The molecule has 2 atom stereocenters. The van der Waals surface area contributed by atoms with Crippen molar-refractivity contribution < 1.29 is 19.1 Å². The highest BCUT2D eigenvalue weighted by atomic mass is 35.6. The van der Waals surface area contributed by atoms with Crippen LogP contribution in [-0.4, -0.2) is 62.7 Å². The fourth-order valence-corrected chi connectivity index (χ4v) is 2.52. The van der Waals surface area contributed by atoms with Gasteiger partial charge in [0.15, 0.2) is 6.17 Å². The predicted molar refractivity (Wildman–Crippen MR) is 94.8 cm³/mol. The second-order valence-corrected chi connectivity index (χ2v) is 9.01. The molecule has 0 unspecified atom stereocenters. The predicted octanol–water partition coefficient (Wildman–Crippen LogP) is 2.63. The third-order valence-corrected chi connectivity index (χ3v) is 3.58. The highest BCUT2D eigenvalue weighted by Gasteiger charge is 2.45. The van der Waals surface area contributed by atoms with E-state index < -0.39 is 40.4 Å². The monoisotopic (exact) mass is 412 g/mol. The number of carbonyl (C=O) groups is 2. The minimum absolute atomic E-state index is 0.0463. The number of ether oxygens (including phenoxy) is 2. The van der Waals surface area contributed by atoms with E-state index in [1.807, 2.05) is 0 Å². The van der Waals surface area contributed by atoms with Crippen LogP contribution in [0, 0.1) is 0 Å². The first-order valence-electron chi connectivity index (χ1n) is 7.41. The second kappa shape index (κ2) is 7.09. The third-order valence-electron chi connectivity index (χ3n) is 3.25. The molecule has 0 saturated heterocycles. The molecule has 0 fully saturated rings. The van der Waals surface area contributed by atoms with Crippen molar-refractivity contribution in [2.75, 3.05) is 13.2 Å². The normalized spacial score (nSPS) is 23.2. The van der Waals surface area contributed by atoms with Gasteiger partial charge in [-0.3, -0.25) is 4.90 Å². The molecule has 2 amide bonds. The van der Waals surface area contributed by atoms with Crippen LogP contribution in [0.2, 0.25) is 0 Å². The van der Waals surface area contributed by atoms with E-state index in [0.29, 0.717) is 0 Å². The second-order valence-electron chi connectivity index (χ2n) is 6.49. The van der Waals surface area contributed by atoms with E-state index in [1.54, 1.807) is 32.9 Å². The van der Waals surface area contributed by atoms with E-state index in [-0.39, 0.29) is 12.5 Å². The largest absolute Gasteiger partial charge is 0.445 e. The molecule has 2 aliphatic rings. The molecule has 2 N–H and O–H groups in total. The lowest BCUT2D eigenvalue weighted by Crippen LogP contribution is -2.54. The maximum absolute atomic E-state index is 12.4. The topological polar surface area (TPSA) is 97.5 Å². The standard InChI is InChI=1S/C14H19Cl3N4O4/c1-13(2,3)25-12(23)21-8-5-4-6-20(9(8)19-10(21)18)11(22)24-7-14(15,16)17/h4-5,8-9H,6-7H2,1-3H3,(H2,18,19)/t8-,9+/m1/s1. The number of nitrogens with two attached hydrogens (primary N) is 1. The van der Waals surface area contributed by atoms with E-state index in [0.717, 1.165) is 0 Å². The van der Waals surface area contributed by atoms with Crippen LogP contribution in [0.5, 0.6) is 0 Å². The highest BCUT2D eigenvalue weighted by molar-refractivity contribution is 6.67. The molecule has 0 aromatic carbocycles. The van der Waals surface area contributed by atoms with Crippen molar-refractivity contribution >= 4 is 52.9 Å². The summed E-state index contributed by atoms with van der Waals surface area (Å²) in [6, 6.07) is -0.594. The molecular weight excluding hydrogens is 395 g/mol. The number of carbonyl (C=O) groups excluding carboxylic acids is 2. The summed E-state index contributed by atoms with van der Waals surface area (Å²) in [6.07, 6.45) is 1.32. The number of amides is 2. The van der Waals surface area contributed by atoms with Crippen LogP contribution in [0.3, 0.4) is 0 Å². The zero-order valence-electron chi connectivity index (χ0n) is 13.9. The lowest BCUT2D eigenvalue weighted by molar-refractivity contribution is 0.0286. The average Bonchev–Trinajstić information content (AvgIpc) is 2.77. The average molecular weight is 414 g/mol. The maximum atomic E-state index is 12.4. The number of aliphatic imine (C=N–C) groups is 1. The molecule has 0 aliphatic carbocycles. The lowest BCUT2D eigenvalue weighted by Gasteiger charge is -2.34.